The Bertz CT molecular complexity index is 340. The number of ether oxygens (including phenoxy) is 1. The van der Waals surface area contributed by atoms with Gasteiger partial charge in [0, 0.05) is 13.1 Å². The molecule has 0 unspecified atom stereocenters. The highest BCUT2D eigenvalue weighted by Gasteiger charge is 2.52. The van der Waals surface area contributed by atoms with Gasteiger partial charge in [-0.2, -0.15) is 13.2 Å². The summed E-state index contributed by atoms with van der Waals surface area (Å²) in [6.45, 7) is 5.52. The normalized spacial score (nSPS) is 21.1. The van der Waals surface area contributed by atoms with Gasteiger partial charge in [0.2, 0.25) is 0 Å². The number of carbonyl (C=O) groups is 1. The predicted octanol–water partition coefficient (Wildman–Crippen LogP) is 3.09. The van der Waals surface area contributed by atoms with Crippen LogP contribution in [-0.4, -0.2) is 46.6 Å². The van der Waals surface area contributed by atoms with Crippen LogP contribution >= 0.6 is 0 Å². The molecule has 1 aliphatic heterocycles. The third-order valence-electron chi connectivity index (χ3n) is 3.22. The molecule has 0 spiro atoms. The number of hydrogen-bond acceptors (Lipinski definition) is 3. The van der Waals surface area contributed by atoms with Crippen LogP contribution in [0.4, 0.5) is 18.0 Å². The molecule has 0 radical (unpaired) electrons. The van der Waals surface area contributed by atoms with Crippen molar-refractivity contribution in [2.75, 3.05) is 13.1 Å². The third-order valence-corrected chi connectivity index (χ3v) is 3.22. The zero-order valence-corrected chi connectivity index (χ0v) is 12.1. The van der Waals surface area contributed by atoms with E-state index in [1.165, 1.54) is 4.90 Å². The van der Waals surface area contributed by atoms with Gasteiger partial charge in [-0.25, -0.2) is 4.79 Å². The van der Waals surface area contributed by atoms with E-state index in [0.717, 1.165) is 0 Å². The summed E-state index contributed by atoms with van der Waals surface area (Å²) in [5, 5.41) is 9.66. The lowest BCUT2D eigenvalue weighted by molar-refractivity contribution is -0.266. The van der Waals surface area contributed by atoms with Gasteiger partial charge < -0.3 is 14.7 Å². The smallest absolute Gasteiger partial charge is 0.417 e. The molecule has 0 saturated carbocycles. The highest BCUT2D eigenvalue weighted by Crippen LogP contribution is 2.38. The number of carbonyl (C=O) groups excluding carboxylic acids is 1. The predicted molar refractivity (Wildman–Crippen MR) is 67.3 cm³/mol. The second-order valence-corrected chi connectivity index (χ2v) is 6.20. The van der Waals surface area contributed by atoms with E-state index in [4.69, 9.17) is 4.74 Å². The fourth-order valence-corrected chi connectivity index (χ4v) is 2.15. The van der Waals surface area contributed by atoms with Gasteiger partial charge in [-0.3, -0.25) is 0 Å². The molecule has 0 aromatic rings. The van der Waals surface area contributed by atoms with Crippen LogP contribution in [0.3, 0.4) is 0 Å². The largest absolute Gasteiger partial charge is 0.444 e. The summed E-state index contributed by atoms with van der Waals surface area (Å²) in [7, 11) is 0. The molecular weight excluding hydrogens is 275 g/mol. The van der Waals surface area contributed by atoms with Crippen molar-refractivity contribution in [3.05, 3.63) is 0 Å². The first-order chi connectivity index (χ1) is 8.95. The minimum Gasteiger partial charge on any atom is -0.444 e. The van der Waals surface area contributed by atoms with E-state index < -0.39 is 36.3 Å². The van der Waals surface area contributed by atoms with Gasteiger partial charge in [-0.1, -0.05) is 0 Å². The Morgan fingerprint density at radius 1 is 1.15 bits per heavy atom. The maximum Gasteiger partial charge on any atom is 0.417 e. The molecule has 0 aliphatic carbocycles. The van der Waals surface area contributed by atoms with Crippen LogP contribution in [0.1, 0.15) is 46.5 Å². The lowest BCUT2D eigenvalue weighted by Gasteiger charge is -2.35. The Balaban J connectivity index is 2.60. The molecule has 1 amide bonds. The van der Waals surface area contributed by atoms with E-state index in [2.05, 4.69) is 0 Å². The van der Waals surface area contributed by atoms with E-state index in [0.29, 0.717) is 0 Å². The summed E-state index contributed by atoms with van der Waals surface area (Å²) >= 11 is 0. The first-order valence-corrected chi connectivity index (χ1v) is 6.72. The molecule has 118 valence electrons. The van der Waals surface area contributed by atoms with Crippen LogP contribution < -0.4 is 0 Å². The maximum atomic E-state index is 12.8. The Kier molecular flexibility index (Phi) is 4.94. The molecule has 1 N–H and O–H groups in total. The van der Waals surface area contributed by atoms with Crippen molar-refractivity contribution >= 4 is 6.09 Å². The number of rotatable bonds is 0. The molecule has 0 bridgehead atoms. The first-order valence-electron chi connectivity index (χ1n) is 6.72. The number of hydrogen-bond donors (Lipinski definition) is 1. The second-order valence-electron chi connectivity index (χ2n) is 6.20. The van der Waals surface area contributed by atoms with Crippen LogP contribution in [0.5, 0.6) is 0 Å². The fraction of sp³-hybridized carbons (Fsp3) is 0.923. The van der Waals surface area contributed by atoms with Crippen molar-refractivity contribution in [3.63, 3.8) is 0 Å². The number of nitrogens with zero attached hydrogens (tertiary/aromatic N) is 1. The summed E-state index contributed by atoms with van der Waals surface area (Å²) in [6, 6.07) is 0. The third kappa shape index (κ3) is 4.54. The van der Waals surface area contributed by atoms with E-state index >= 15 is 0 Å². The van der Waals surface area contributed by atoms with Crippen LogP contribution in [-0.2, 0) is 4.74 Å². The minimum atomic E-state index is -4.62. The topological polar surface area (TPSA) is 49.8 Å². The van der Waals surface area contributed by atoms with Crippen molar-refractivity contribution in [3.8, 4) is 0 Å². The standard InChI is InChI=1S/C13H22F3NO3/c1-11(2,3)20-10(18)17-8-4-6-12(19,7-5-9-17)13(14,15)16/h19H,4-9H2,1-3H3. The lowest BCUT2D eigenvalue weighted by atomic mass is 9.90. The van der Waals surface area contributed by atoms with Gasteiger partial charge >= 0.3 is 12.3 Å². The van der Waals surface area contributed by atoms with Gasteiger partial charge in [0.15, 0.2) is 5.60 Å². The minimum absolute atomic E-state index is 0.0925. The Morgan fingerprint density at radius 2 is 1.60 bits per heavy atom. The summed E-state index contributed by atoms with van der Waals surface area (Å²) in [5.41, 5.74) is -3.26. The van der Waals surface area contributed by atoms with E-state index in [9.17, 15) is 23.1 Å². The average molecular weight is 297 g/mol. The first kappa shape index (κ1) is 17.1. The molecule has 0 atom stereocenters. The van der Waals surface area contributed by atoms with Crippen molar-refractivity contribution in [1.29, 1.82) is 0 Å². The molecule has 1 aliphatic rings. The molecule has 20 heavy (non-hydrogen) atoms. The molecule has 7 heteroatoms. The maximum absolute atomic E-state index is 12.8. The molecule has 1 rings (SSSR count). The number of aliphatic hydroxyl groups is 1. The molecule has 0 aromatic heterocycles. The van der Waals surface area contributed by atoms with Crippen molar-refractivity contribution in [2.45, 2.75) is 63.8 Å². The number of likely N-dealkylation sites (tertiary alicyclic amines) is 1. The van der Waals surface area contributed by atoms with E-state index in [1.54, 1.807) is 20.8 Å². The lowest BCUT2D eigenvalue weighted by Crippen LogP contribution is -2.48. The second kappa shape index (κ2) is 5.79. The van der Waals surface area contributed by atoms with Gasteiger partial charge in [-0.15, -0.1) is 0 Å². The van der Waals surface area contributed by atoms with Crippen LogP contribution in [0.25, 0.3) is 0 Å². The van der Waals surface area contributed by atoms with Gasteiger partial charge in [0.1, 0.15) is 5.60 Å². The van der Waals surface area contributed by atoms with Crippen LogP contribution in [0.15, 0.2) is 0 Å². The fourth-order valence-electron chi connectivity index (χ4n) is 2.15. The number of alkyl halides is 3. The van der Waals surface area contributed by atoms with E-state index in [-0.39, 0.29) is 25.9 Å². The molecule has 0 aromatic carbocycles. The summed E-state index contributed by atoms with van der Waals surface area (Å²) in [5.74, 6) is 0. The number of amides is 1. The van der Waals surface area contributed by atoms with Crippen molar-refractivity contribution < 1.29 is 27.8 Å². The van der Waals surface area contributed by atoms with Gasteiger partial charge in [-0.05, 0) is 46.5 Å². The molecule has 1 fully saturated rings. The Labute approximate surface area is 116 Å². The quantitative estimate of drug-likeness (QED) is 0.747. The molecule has 4 nitrogen and oxygen atoms in total. The molecule has 1 heterocycles. The van der Waals surface area contributed by atoms with E-state index in [1.807, 2.05) is 0 Å². The Hall–Kier alpha value is -0.980. The van der Waals surface area contributed by atoms with Gasteiger partial charge in [0.25, 0.3) is 0 Å². The van der Waals surface area contributed by atoms with Crippen LogP contribution in [0, 0.1) is 0 Å². The van der Waals surface area contributed by atoms with Crippen LogP contribution in [0.2, 0.25) is 0 Å². The zero-order chi connectivity index (χ0) is 15.6. The summed E-state index contributed by atoms with van der Waals surface area (Å²) in [6.07, 6.45) is -5.74. The van der Waals surface area contributed by atoms with Crippen molar-refractivity contribution in [1.82, 2.24) is 4.90 Å². The zero-order valence-electron chi connectivity index (χ0n) is 12.1. The molecular formula is C13H22F3NO3. The average Bonchev–Trinajstić information content (AvgIpc) is 2.18. The Morgan fingerprint density at radius 3 is 1.95 bits per heavy atom. The molecule has 1 saturated heterocycles. The SMILES string of the molecule is CC(C)(C)OC(=O)N1CCCC(O)(C(F)(F)F)CCC1. The number of halogens is 3. The highest BCUT2D eigenvalue weighted by molar-refractivity contribution is 5.68. The van der Waals surface area contributed by atoms with Gasteiger partial charge in [0.05, 0.1) is 0 Å². The highest BCUT2D eigenvalue weighted by atomic mass is 19.4. The summed E-state index contributed by atoms with van der Waals surface area (Å²) in [4.78, 5) is 13.3. The monoisotopic (exact) mass is 297 g/mol. The summed E-state index contributed by atoms with van der Waals surface area (Å²) < 4.78 is 43.5. The van der Waals surface area contributed by atoms with Crippen molar-refractivity contribution in [2.24, 2.45) is 0 Å².